The molecule has 3 saturated heterocycles. The van der Waals surface area contributed by atoms with E-state index in [9.17, 15) is 9.59 Å². The van der Waals surface area contributed by atoms with Crippen LogP contribution in [0.3, 0.4) is 0 Å². The predicted molar refractivity (Wildman–Crippen MR) is 87.7 cm³/mol. The van der Waals surface area contributed by atoms with Gasteiger partial charge >= 0.3 is 0 Å². The quantitative estimate of drug-likeness (QED) is 0.688. The predicted octanol–water partition coefficient (Wildman–Crippen LogP) is -0.148. The standard InChI is InChI=1S/C15H26N4O2S/c1-15-4-3-13(20)19(15)12(11-22-15)14(21)17-5-2-8-18-9-6-16-7-10-18/h12,16H,2-11H2,1H3,(H,17,21). The fourth-order valence-electron chi connectivity index (χ4n) is 3.58. The van der Waals surface area contributed by atoms with Crippen molar-refractivity contribution in [2.75, 3.05) is 45.0 Å². The molecule has 6 nitrogen and oxygen atoms in total. The van der Waals surface area contributed by atoms with E-state index in [2.05, 4.69) is 22.5 Å². The van der Waals surface area contributed by atoms with Gasteiger partial charge in [-0.2, -0.15) is 0 Å². The Bertz CT molecular complexity index is 441. The lowest BCUT2D eigenvalue weighted by Crippen LogP contribution is -2.50. The first-order chi connectivity index (χ1) is 10.6. The summed E-state index contributed by atoms with van der Waals surface area (Å²) in [5, 5.41) is 6.36. The molecule has 22 heavy (non-hydrogen) atoms. The molecular formula is C15H26N4O2S. The molecule has 0 aliphatic carbocycles. The van der Waals surface area contributed by atoms with Crippen molar-refractivity contribution in [2.24, 2.45) is 0 Å². The zero-order valence-electron chi connectivity index (χ0n) is 13.3. The van der Waals surface area contributed by atoms with Crippen LogP contribution in [-0.4, -0.2) is 77.5 Å². The minimum atomic E-state index is -0.274. The number of amides is 2. The van der Waals surface area contributed by atoms with E-state index in [4.69, 9.17) is 0 Å². The number of rotatable bonds is 5. The van der Waals surface area contributed by atoms with Crippen LogP contribution >= 0.6 is 11.8 Å². The van der Waals surface area contributed by atoms with Gasteiger partial charge in [-0.15, -0.1) is 11.8 Å². The molecule has 0 aromatic carbocycles. The Hall–Kier alpha value is -0.790. The van der Waals surface area contributed by atoms with Crippen LogP contribution in [0.1, 0.15) is 26.2 Å². The average Bonchev–Trinajstić information content (AvgIpc) is 3.01. The number of piperazine rings is 1. The van der Waals surface area contributed by atoms with E-state index in [1.54, 1.807) is 11.8 Å². The lowest BCUT2D eigenvalue weighted by atomic mass is 10.2. The van der Waals surface area contributed by atoms with E-state index in [0.29, 0.717) is 13.0 Å². The molecule has 2 amide bonds. The first kappa shape index (κ1) is 16.1. The number of carbonyl (C=O) groups excluding carboxylic acids is 2. The Morgan fingerprint density at radius 1 is 1.45 bits per heavy atom. The number of hydrogen-bond donors (Lipinski definition) is 2. The number of hydrogen-bond acceptors (Lipinski definition) is 5. The molecule has 0 aromatic rings. The molecule has 3 rings (SSSR count). The van der Waals surface area contributed by atoms with E-state index in [1.165, 1.54) is 0 Å². The highest BCUT2D eigenvalue weighted by atomic mass is 32.2. The maximum atomic E-state index is 12.4. The molecule has 2 atom stereocenters. The lowest BCUT2D eigenvalue weighted by molar-refractivity contribution is -0.137. The summed E-state index contributed by atoms with van der Waals surface area (Å²) in [6.07, 6.45) is 2.41. The highest BCUT2D eigenvalue weighted by molar-refractivity contribution is 8.01. The SMILES string of the molecule is CC12CCC(=O)N1C(C(=O)NCCCN1CCNCC1)CS2. The molecule has 124 valence electrons. The molecule has 3 aliphatic rings. The van der Waals surface area contributed by atoms with Gasteiger partial charge in [0.25, 0.3) is 0 Å². The van der Waals surface area contributed by atoms with Crippen LogP contribution in [0.5, 0.6) is 0 Å². The second kappa shape index (κ2) is 6.76. The molecule has 2 unspecified atom stereocenters. The monoisotopic (exact) mass is 326 g/mol. The Morgan fingerprint density at radius 2 is 2.23 bits per heavy atom. The van der Waals surface area contributed by atoms with Gasteiger partial charge in [-0.05, 0) is 26.3 Å². The highest BCUT2D eigenvalue weighted by Crippen LogP contribution is 2.47. The molecule has 0 aromatic heterocycles. The van der Waals surface area contributed by atoms with Gasteiger partial charge in [0.15, 0.2) is 0 Å². The van der Waals surface area contributed by atoms with Gasteiger partial charge in [-0.3, -0.25) is 9.59 Å². The van der Waals surface area contributed by atoms with Crippen molar-refractivity contribution in [1.29, 1.82) is 0 Å². The van der Waals surface area contributed by atoms with Crippen LogP contribution < -0.4 is 10.6 Å². The van der Waals surface area contributed by atoms with Crippen LogP contribution in [0.2, 0.25) is 0 Å². The number of nitrogens with zero attached hydrogens (tertiary/aromatic N) is 2. The Labute approximate surface area is 136 Å². The average molecular weight is 326 g/mol. The second-order valence-electron chi connectivity index (χ2n) is 6.50. The smallest absolute Gasteiger partial charge is 0.243 e. The van der Waals surface area contributed by atoms with Crippen molar-refractivity contribution < 1.29 is 9.59 Å². The van der Waals surface area contributed by atoms with Gasteiger partial charge in [0, 0.05) is 44.9 Å². The summed E-state index contributed by atoms with van der Waals surface area (Å²) < 4.78 is 0. The van der Waals surface area contributed by atoms with Crippen molar-refractivity contribution >= 4 is 23.6 Å². The molecule has 0 radical (unpaired) electrons. The molecular weight excluding hydrogens is 300 g/mol. The van der Waals surface area contributed by atoms with Gasteiger partial charge in [-0.1, -0.05) is 0 Å². The van der Waals surface area contributed by atoms with Crippen LogP contribution in [0.15, 0.2) is 0 Å². The third-order valence-electron chi connectivity index (χ3n) is 4.91. The minimum Gasteiger partial charge on any atom is -0.354 e. The van der Waals surface area contributed by atoms with Crippen molar-refractivity contribution in [3.8, 4) is 0 Å². The largest absolute Gasteiger partial charge is 0.354 e. The van der Waals surface area contributed by atoms with Gasteiger partial charge in [-0.25, -0.2) is 0 Å². The molecule has 7 heteroatoms. The number of fused-ring (bicyclic) bond motifs is 1. The van der Waals surface area contributed by atoms with E-state index in [-0.39, 0.29) is 22.7 Å². The first-order valence-electron chi connectivity index (χ1n) is 8.27. The maximum Gasteiger partial charge on any atom is 0.243 e. The second-order valence-corrected chi connectivity index (χ2v) is 8.00. The number of carbonyl (C=O) groups is 2. The van der Waals surface area contributed by atoms with Crippen molar-refractivity contribution in [3.05, 3.63) is 0 Å². The lowest BCUT2D eigenvalue weighted by Gasteiger charge is -2.30. The van der Waals surface area contributed by atoms with Gasteiger partial charge in [0.1, 0.15) is 6.04 Å². The number of nitrogens with one attached hydrogen (secondary N) is 2. The Kier molecular flexibility index (Phi) is 4.94. The summed E-state index contributed by atoms with van der Waals surface area (Å²) in [7, 11) is 0. The summed E-state index contributed by atoms with van der Waals surface area (Å²) in [6.45, 7) is 8.11. The topological polar surface area (TPSA) is 64.7 Å². The Balaban J connectivity index is 1.41. The highest BCUT2D eigenvalue weighted by Gasteiger charge is 2.52. The van der Waals surface area contributed by atoms with E-state index >= 15 is 0 Å². The van der Waals surface area contributed by atoms with Gasteiger partial charge in [0.05, 0.1) is 4.87 Å². The van der Waals surface area contributed by atoms with E-state index in [0.717, 1.165) is 51.3 Å². The third kappa shape index (κ3) is 3.26. The van der Waals surface area contributed by atoms with Crippen molar-refractivity contribution in [1.82, 2.24) is 20.4 Å². The van der Waals surface area contributed by atoms with E-state index in [1.807, 2.05) is 4.90 Å². The minimum absolute atomic E-state index is 0.0202. The summed E-state index contributed by atoms with van der Waals surface area (Å²) in [5.41, 5.74) is 0. The summed E-state index contributed by atoms with van der Waals surface area (Å²) in [4.78, 5) is 28.5. The van der Waals surface area contributed by atoms with Crippen molar-refractivity contribution in [2.45, 2.75) is 37.1 Å². The first-order valence-corrected chi connectivity index (χ1v) is 9.26. The molecule has 3 fully saturated rings. The molecule has 0 spiro atoms. The fourth-order valence-corrected chi connectivity index (χ4v) is 5.01. The summed E-state index contributed by atoms with van der Waals surface area (Å²) >= 11 is 1.75. The van der Waals surface area contributed by atoms with Gasteiger partial charge < -0.3 is 20.4 Å². The fraction of sp³-hybridized carbons (Fsp3) is 0.867. The zero-order valence-corrected chi connectivity index (χ0v) is 14.1. The summed E-state index contributed by atoms with van der Waals surface area (Å²) in [6, 6.07) is -0.274. The van der Waals surface area contributed by atoms with Crippen LogP contribution in [0, 0.1) is 0 Å². The summed E-state index contributed by atoms with van der Waals surface area (Å²) in [5.74, 6) is 0.881. The van der Waals surface area contributed by atoms with Gasteiger partial charge in [0.2, 0.25) is 11.8 Å². The molecule has 0 saturated carbocycles. The number of thioether (sulfide) groups is 1. The van der Waals surface area contributed by atoms with Crippen molar-refractivity contribution in [3.63, 3.8) is 0 Å². The molecule has 3 aliphatic heterocycles. The molecule has 0 bridgehead atoms. The molecule has 3 heterocycles. The van der Waals surface area contributed by atoms with Crippen LogP contribution in [0.25, 0.3) is 0 Å². The normalized spacial score (nSPS) is 32.3. The maximum absolute atomic E-state index is 12.4. The third-order valence-corrected chi connectivity index (χ3v) is 6.41. The van der Waals surface area contributed by atoms with Crippen LogP contribution in [0.4, 0.5) is 0 Å². The van der Waals surface area contributed by atoms with Crippen LogP contribution in [-0.2, 0) is 9.59 Å². The Morgan fingerprint density at radius 3 is 3.00 bits per heavy atom. The van der Waals surface area contributed by atoms with E-state index < -0.39 is 0 Å². The molecule has 2 N–H and O–H groups in total. The zero-order chi connectivity index (χ0) is 15.6.